The SMILES string of the molecule is CN[C@H](CC(C)C)C(=O)N[C@H]1C(=O)N[C@@H](CC(N)=O)C(=O)N[C@H]2C(=O)N[C@H]3C(=O)N[C@H](C(=O)N[C@@H](C(=O)O)c4cc(O)cc(O)c4-c4cc3ccc4O)[C@H](O)c3ccc(c(Cl)c3)Oc3cc2cc(c3O[C@@H]2O[C@H](CO)[C@@H](O)[C@H](O)[C@H]2O[C@H]2C[C@](C)(N)C(O)[C@H](C)O2)Oc2ccc(cc2Cl)[C@H]1O.[H+]. The van der Waals surface area contributed by atoms with Gasteiger partial charge in [-0.3, -0.25) is 33.6 Å². The van der Waals surface area contributed by atoms with Gasteiger partial charge in [0.05, 0.1) is 41.3 Å². The third-order valence-electron chi connectivity index (χ3n) is 17.8. The van der Waals surface area contributed by atoms with Crippen LogP contribution < -0.4 is 62.9 Å². The van der Waals surface area contributed by atoms with Gasteiger partial charge in [-0.05, 0) is 110 Å². The standard InChI is InChI=1S/C66H75Cl2N9O24/c1-23(2)12-34(71-5)58(88)76-49-51(83)26-7-10-38(32(67)14-26)97-40-16-28-17-41(55(40)101-65-56(54(86)53(85)42(22-78)99-65)100-44-21-66(4,70)57(87)24(3)96-44)98-39-11-8-27(15-33(39)68)52(84)50-63(93)75-48(64(94)95)31-18-29(79)19-37(81)45(31)30-13-25(6-9-36(30)80)46(60(90)77-50)74-61(91)47(28)73-59(89)35(20-43(69)82)72-62(49)92/h6-11,13-19,23-24,34-35,42,44,46-54,56-57,65,71,78-81,83-87H,12,20-22,70H2,1-5H3,(H2,69,82)(H,72,92)(H,73,89)(H,74,91)(H,75,93)(H,76,88)(H,77,90)(H,94,95)/p+1/t24-,34+,35-,42+,44-,46+,47+,48+,49+,50-,51+,52+,53+,54-,56+,57?,65-,66-/m0/s1. The molecule has 101 heavy (non-hydrogen) atoms. The van der Waals surface area contributed by atoms with Crippen molar-refractivity contribution in [1.29, 1.82) is 0 Å². The number of carboxylic acids is 1. The molecular weight excluding hydrogens is 1370 g/mol. The minimum absolute atomic E-state index is 0. The van der Waals surface area contributed by atoms with Crippen LogP contribution in [-0.4, -0.2) is 191 Å². The number of aliphatic hydroxyl groups excluding tert-OH is 6. The number of amides is 7. The highest BCUT2D eigenvalue weighted by molar-refractivity contribution is 6.32. The number of rotatable bonds is 13. The molecule has 5 aromatic carbocycles. The van der Waals surface area contributed by atoms with Crippen LogP contribution in [0.15, 0.2) is 78.9 Å². The lowest BCUT2D eigenvalue weighted by Crippen LogP contribution is -2.64. The molecule has 35 heteroatoms. The van der Waals surface area contributed by atoms with Gasteiger partial charge < -0.3 is 128 Å². The molecule has 5 aromatic rings. The number of hydrogen-bond acceptors (Lipinski definition) is 25. The molecule has 12 rings (SSSR count). The molecule has 1 unspecified atom stereocenters. The predicted octanol–water partition coefficient (Wildman–Crippen LogP) is 0.219. The molecule has 7 aliphatic heterocycles. The van der Waals surface area contributed by atoms with E-state index < -0.39 is 237 Å². The number of aliphatic hydroxyl groups is 6. The first-order valence-electron chi connectivity index (χ1n) is 31.6. The highest BCUT2D eigenvalue weighted by atomic mass is 35.5. The molecule has 0 spiro atoms. The van der Waals surface area contributed by atoms with E-state index in [1.54, 1.807) is 0 Å². The van der Waals surface area contributed by atoms with Crippen molar-refractivity contribution < 1.29 is 119 Å². The number of phenols is 3. The summed E-state index contributed by atoms with van der Waals surface area (Å²) in [6.07, 6.45) is -18.6. The molecule has 2 fully saturated rings. The normalized spacial score (nSPS) is 29.4. The minimum Gasteiger partial charge on any atom is -0.508 e. The maximum absolute atomic E-state index is 16.0. The van der Waals surface area contributed by atoms with Crippen molar-refractivity contribution in [3.05, 3.63) is 117 Å². The molecule has 0 saturated carbocycles. The Morgan fingerprint density at radius 2 is 1.33 bits per heavy atom. The monoisotopic (exact) mass is 1450 g/mol. The second-order valence-corrected chi connectivity index (χ2v) is 26.5. The maximum Gasteiger partial charge on any atom is 1.00 e. The van der Waals surface area contributed by atoms with Crippen molar-refractivity contribution in [2.24, 2.45) is 17.4 Å². The summed E-state index contributed by atoms with van der Waals surface area (Å²) in [5.41, 5.74) is 8.00. The van der Waals surface area contributed by atoms with Gasteiger partial charge in [0.15, 0.2) is 29.9 Å². The zero-order valence-corrected chi connectivity index (χ0v) is 55.8. The first kappa shape index (κ1) is 74.5. The van der Waals surface area contributed by atoms with E-state index in [9.17, 15) is 75.0 Å². The Hall–Kier alpha value is -9.20. The molecule has 33 nitrogen and oxygen atoms in total. The fourth-order valence-electron chi connectivity index (χ4n) is 12.5. The number of carboxylic acid groups (broad SMARTS) is 1. The molecule has 7 aliphatic rings. The number of aliphatic carboxylic acids is 1. The lowest BCUT2D eigenvalue weighted by molar-refractivity contribution is -0.333. The van der Waals surface area contributed by atoms with Crippen LogP contribution in [0.2, 0.25) is 10.0 Å². The average molecular weight is 1450 g/mol. The van der Waals surface area contributed by atoms with Gasteiger partial charge in [0.25, 0.3) is 0 Å². The summed E-state index contributed by atoms with van der Waals surface area (Å²) in [5.74, 6) is -16.0. The van der Waals surface area contributed by atoms with E-state index in [1.165, 1.54) is 33.0 Å². The van der Waals surface area contributed by atoms with Gasteiger partial charge in [-0.2, -0.15) is 0 Å². The number of carbonyl (C=O) groups excluding carboxylic acids is 7. The number of likely N-dealkylation sites (N-methyl/N-ethyl adjacent to an activating group) is 1. The van der Waals surface area contributed by atoms with Crippen LogP contribution in [-0.2, 0) is 52.6 Å². The topological polar surface area (TPSA) is 530 Å². The van der Waals surface area contributed by atoms with Crippen LogP contribution in [0, 0.1) is 5.92 Å². The molecule has 2 saturated heterocycles. The third-order valence-corrected chi connectivity index (χ3v) is 18.4. The first-order valence-corrected chi connectivity index (χ1v) is 32.4. The van der Waals surface area contributed by atoms with Crippen molar-refractivity contribution >= 4 is 70.5 Å². The van der Waals surface area contributed by atoms with E-state index in [2.05, 4.69) is 37.2 Å². The van der Waals surface area contributed by atoms with E-state index >= 15 is 14.4 Å². The number of benzene rings is 5. The summed E-state index contributed by atoms with van der Waals surface area (Å²) < 4.78 is 38.3. The fraction of sp³-hybridized carbons (Fsp3) is 0.424. The van der Waals surface area contributed by atoms with Gasteiger partial charge >= 0.3 is 7.40 Å². The predicted molar refractivity (Wildman–Crippen MR) is 350 cm³/mol. The first-order chi connectivity index (χ1) is 47.7. The van der Waals surface area contributed by atoms with E-state index in [-0.39, 0.29) is 47.6 Å². The summed E-state index contributed by atoms with van der Waals surface area (Å²) in [6, 6.07) is -0.679. The number of hydrogen-bond donors (Lipinski definition) is 19. The van der Waals surface area contributed by atoms with Gasteiger partial charge in [0, 0.05) is 34.7 Å². The number of primary amides is 1. The minimum atomic E-state index is -2.35. The Bertz CT molecular complexity index is 4080. The van der Waals surface area contributed by atoms with Crippen molar-refractivity contribution in [2.75, 3.05) is 13.7 Å². The van der Waals surface area contributed by atoms with Crippen molar-refractivity contribution in [3.63, 3.8) is 0 Å². The molecule has 18 atom stereocenters. The lowest BCUT2D eigenvalue weighted by Gasteiger charge is -2.47. The Morgan fingerprint density at radius 3 is 1.91 bits per heavy atom. The van der Waals surface area contributed by atoms with Crippen LogP contribution in [0.1, 0.15) is 107 Å². The maximum atomic E-state index is 16.0. The molecule has 11 bridgehead atoms. The Kier molecular flexibility index (Phi) is 22.2. The van der Waals surface area contributed by atoms with E-state index in [0.717, 1.165) is 66.7 Å². The summed E-state index contributed by atoms with van der Waals surface area (Å²) in [6.45, 7) is 5.66. The Labute approximate surface area is 585 Å². The third kappa shape index (κ3) is 15.8. The van der Waals surface area contributed by atoms with E-state index in [4.69, 9.17) is 63.1 Å². The van der Waals surface area contributed by atoms with Crippen molar-refractivity contribution in [2.45, 2.75) is 156 Å². The summed E-state index contributed by atoms with van der Waals surface area (Å²) >= 11 is 14.1. The van der Waals surface area contributed by atoms with Gasteiger partial charge in [-0.1, -0.05) is 55.2 Å². The van der Waals surface area contributed by atoms with Crippen LogP contribution in [0.4, 0.5) is 0 Å². The number of nitrogens with two attached hydrogens (primary N) is 2. The number of fused-ring (bicyclic) bond motifs is 15. The molecular formula is C66H76Cl2N9O24+. The number of aromatic hydroxyl groups is 3. The van der Waals surface area contributed by atoms with Gasteiger partial charge in [0.2, 0.25) is 53.4 Å². The smallest absolute Gasteiger partial charge is 0.508 e. The quantitative estimate of drug-likeness (QED) is 0.0749. The molecule has 7 heterocycles. The Balaban J connectivity index is 0.0000121. The number of carbonyl (C=O) groups is 8. The van der Waals surface area contributed by atoms with Crippen LogP contribution in [0.3, 0.4) is 0 Å². The molecule has 0 aromatic heterocycles. The lowest BCUT2D eigenvalue weighted by atomic mass is 9.86. The largest absolute Gasteiger partial charge is 1.00 e. The van der Waals surface area contributed by atoms with Gasteiger partial charge in [-0.15, -0.1) is 0 Å². The summed E-state index contributed by atoms with van der Waals surface area (Å²) in [4.78, 5) is 117. The molecule has 21 N–H and O–H groups in total. The van der Waals surface area contributed by atoms with Crippen LogP contribution in [0.25, 0.3) is 11.1 Å². The second kappa shape index (κ2) is 30.2. The highest BCUT2D eigenvalue weighted by Gasteiger charge is 2.51. The zero-order valence-electron chi connectivity index (χ0n) is 55.3. The van der Waals surface area contributed by atoms with Gasteiger partial charge in [-0.25, -0.2) is 4.79 Å². The fourth-order valence-corrected chi connectivity index (χ4v) is 12.9. The van der Waals surface area contributed by atoms with E-state index in [0.29, 0.717) is 0 Å². The van der Waals surface area contributed by atoms with Crippen LogP contribution >= 0.6 is 23.2 Å². The van der Waals surface area contributed by atoms with E-state index in [1.807, 2.05) is 13.8 Å². The molecule has 7 amide bonds. The van der Waals surface area contributed by atoms with Crippen molar-refractivity contribution in [3.8, 4) is 57.1 Å². The number of ether oxygens (including phenoxy) is 6. The molecule has 542 valence electrons. The number of phenolic OH excluding ortho intramolecular Hbond substituents is 3. The number of nitrogens with one attached hydrogen (secondary N) is 7. The molecule has 0 radical (unpaired) electrons. The highest BCUT2D eigenvalue weighted by Crippen LogP contribution is 2.50. The Morgan fingerprint density at radius 1 is 0.723 bits per heavy atom. The summed E-state index contributed by atoms with van der Waals surface area (Å²) in [5, 5.41) is 131. The number of halogens is 2. The van der Waals surface area contributed by atoms with Crippen molar-refractivity contribution in [1.82, 2.24) is 37.2 Å². The van der Waals surface area contributed by atoms with Gasteiger partial charge in [0.1, 0.15) is 89.5 Å². The van der Waals surface area contributed by atoms with Crippen LogP contribution in [0.5, 0.6) is 46.0 Å². The average Bonchev–Trinajstić information content (AvgIpc) is 0.773. The molecule has 0 aliphatic carbocycles. The second-order valence-electron chi connectivity index (χ2n) is 25.7. The zero-order chi connectivity index (χ0) is 73.5. The summed E-state index contributed by atoms with van der Waals surface area (Å²) in [7, 11) is 1.47.